The van der Waals surface area contributed by atoms with E-state index in [4.69, 9.17) is 10.5 Å². The third kappa shape index (κ3) is 5.54. The van der Waals surface area contributed by atoms with Gasteiger partial charge in [-0.15, -0.1) is 0 Å². The molecule has 0 radical (unpaired) electrons. The van der Waals surface area contributed by atoms with Crippen LogP contribution in [0.3, 0.4) is 0 Å². The molecule has 11 nitrogen and oxygen atoms in total. The number of rotatable bonds is 7. The third-order valence-electron chi connectivity index (χ3n) is 5.66. The highest BCUT2D eigenvalue weighted by Crippen LogP contribution is 2.33. The van der Waals surface area contributed by atoms with Crippen LogP contribution in [-0.4, -0.2) is 63.2 Å². The van der Waals surface area contributed by atoms with Gasteiger partial charge in [-0.3, -0.25) is 14.7 Å². The molecule has 0 bridgehead atoms. The zero-order chi connectivity index (χ0) is 24.4. The van der Waals surface area contributed by atoms with Crippen molar-refractivity contribution >= 4 is 46.6 Å². The number of carbonyl (C=O) groups is 2. The molecule has 35 heavy (non-hydrogen) atoms. The molecular formula is C23H26N8O3S. The lowest BCUT2D eigenvalue weighted by Crippen LogP contribution is -2.41. The highest BCUT2D eigenvalue weighted by atomic mass is 32.2. The Morgan fingerprint density at radius 3 is 2.57 bits per heavy atom. The number of aromatic nitrogens is 4. The number of nitrogens with two attached hydrogens (primary N) is 1. The average Bonchev–Trinajstić information content (AvgIpc) is 3.64. The number of ether oxygens (including phenoxy) is 1. The van der Waals surface area contributed by atoms with Crippen LogP contribution in [-0.2, 0) is 9.53 Å². The number of aryl methyl sites for hydroxylation is 1. The van der Waals surface area contributed by atoms with Crippen LogP contribution in [0, 0.1) is 12.8 Å². The van der Waals surface area contributed by atoms with Crippen molar-refractivity contribution in [2.75, 3.05) is 42.7 Å². The van der Waals surface area contributed by atoms with Gasteiger partial charge in [0, 0.05) is 41.4 Å². The van der Waals surface area contributed by atoms with Gasteiger partial charge in [0.2, 0.25) is 5.91 Å². The molecule has 3 aromatic rings. The topological polar surface area (TPSA) is 151 Å². The van der Waals surface area contributed by atoms with Gasteiger partial charge in [0.1, 0.15) is 5.69 Å². The summed E-state index contributed by atoms with van der Waals surface area (Å²) in [5, 5.41) is 13.4. The summed E-state index contributed by atoms with van der Waals surface area (Å²) in [5.41, 5.74) is 8.25. The molecule has 1 aromatic carbocycles. The van der Waals surface area contributed by atoms with E-state index >= 15 is 0 Å². The van der Waals surface area contributed by atoms with Gasteiger partial charge in [-0.1, -0.05) is 0 Å². The van der Waals surface area contributed by atoms with Crippen LogP contribution < -0.4 is 16.4 Å². The minimum atomic E-state index is -0.269. The monoisotopic (exact) mass is 494 g/mol. The summed E-state index contributed by atoms with van der Waals surface area (Å²) in [6, 6.07) is 9.24. The molecule has 2 fully saturated rings. The van der Waals surface area contributed by atoms with Crippen LogP contribution >= 0.6 is 11.8 Å². The first-order valence-electron chi connectivity index (χ1n) is 11.4. The molecule has 2 aliphatic rings. The van der Waals surface area contributed by atoms with E-state index in [9.17, 15) is 9.59 Å². The number of H-pyrrole nitrogens is 1. The number of amides is 2. The zero-order valence-electron chi connectivity index (χ0n) is 19.2. The number of nitrogen functional groups attached to an aromatic ring is 1. The van der Waals surface area contributed by atoms with Crippen molar-refractivity contribution in [3.05, 3.63) is 41.7 Å². The van der Waals surface area contributed by atoms with Crippen molar-refractivity contribution in [2.45, 2.75) is 29.8 Å². The van der Waals surface area contributed by atoms with E-state index in [1.165, 1.54) is 11.8 Å². The van der Waals surface area contributed by atoms with E-state index in [0.717, 1.165) is 29.1 Å². The predicted octanol–water partition coefficient (Wildman–Crippen LogP) is 2.81. The van der Waals surface area contributed by atoms with Crippen LogP contribution in [0.25, 0.3) is 0 Å². The lowest BCUT2D eigenvalue weighted by molar-refractivity contribution is -0.117. The molecule has 0 spiro atoms. The first-order valence-corrected chi connectivity index (χ1v) is 12.2. The minimum absolute atomic E-state index is 0.0582. The molecule has 1 saturated heterocycles. The molecule has 5 rings (SSSR count). The number of aromatic amines is 1. The summed E-state index contributed by atoms with van der Waals surface area (Å²) in [6.45, 7) is 3.77. The summed E-state index contributed by atoms with van der Waals surface area (Å²) < 4.78 is 5.36. The van der Waals surface area contributed by atoms with Crippen LogP contribution in [0.15, 0.2) is 40.4 Å². The zero-order valence-corrected chi connectivity index (χ0v) is 20.0. The number of anilines is 4. The largest absolute Gasteiger partial charge is 0.394 e. The van der Waals surface area contributed by atoms with Crippen LogP contribution in [0.5, 0.6) is 0 Å². The Bertz CT molecular complexity index is 1240. The van der Waals surface area contributed by atoms with Crippen molar-refractivity contribution < 1.29 is 14.3 Å². The number of hydrogen-bond acceptors (Lipinski definition) is 9. The third-order valence-corrected chi connectivity index (χ3v) is 6.53. The number of hydrogen-bond donors (Lipinski definition) is 4. The molecule has 1 saturated carbocycles. The van der Waals surface area contributed by atoms with Crippen molar-refractivity contribution in [1.29, 1.82) is 0 Å². The van der Waals surface area contributed by atoms with Crippen molar-refractivity contribution in [2.24, 2.45) is 5.92 Å². The second-order valence-electron chi connectivity index (χ2n) is 8.47. The SMILES string of the molecule is Cc1cc(Nc2nc(Sc3ccc(NC(=O)C4CC4)cc3)nc(C(=O)N3CCOCC3)c2N)n[nH]1. The van der Waals surface area contributed by atoms with E-state index in [2.05, 4.69) is 30.8 Å². The Hall–Kier alpha value is -3.64. The summed E-state index contributed by atoms with van der Waals surface area (Å²) in [6.07, 6.45) is 1.90. The summed E-state index contributed by atoms with van der Waals surface area (Å²) in [7, 11) is 0. The fourth-order valence-electron chi connectivity index (χ4n) is 3.57. The maximum atomic E-state index is 13.2. The fraction of sp³-hybridized carbons (Fsp3) is 0.348. The predicted molar refractivity (Wildman–Crippen MR) is 132 cm³/mol. The standard InChI is InChI=1S/C23H26N8O3S/c1-13-12-17(30-29-13)26-20-18(24)19(22(33)31-8-10-34-11-9-31)27-23(28-20)35-16-6-4-15(5-7-16)25-21(32)14-2-3-14/h4-7,12,14H,2-3,8-11,24H2,1H3,(H,25,32)(H2,26,27,28,29,30). The van der Waals surface area contributed by atoms with Crippen molar-refractivity contribution in [3.8, 4) is 0 Å². The lowest BCUT2D eigenvalue weighted by Gasteiger charge is -2.27. The van der Waals surface area contributed by atoms with Crippen LogP contribution in [0.2, 0.25) is 0 Å². The molecule has 5 N–H and O–H groups in total. The Kier molecular flexibility index (Phi) is 6.55. The van der Waals surface area contributed by atoms with Crippen LogP contribution in [0.4, 0.5) is 23.0 Å². The molecular weight excluding hydrogens is 468 g/mol. The van der Waals surface area contributed by atoms with Gasteiger partial charge in [-0.2, -0.15) is 5.10 Å². The number of benzene rings is 1. The maximum Gasteiger partial charge on any atom is 0.275 e. The number of carbonyl (C=O) groups excluding carboxylic acids is 2. The number of morpholine rings is 1. The second kappa shape index (κ2) is 9.92. The Morgan fingerprint density at radius 2 is 1.91 bits per heavy atom. The van der Waals surface area contributed by atoms with Gasteiger partial charge >= 0.3 is 0 Å². The van der Waals surface area contributed by atoms with Gasteiger partial charge in [0.05, 0.1) is 13.2 Å². The Labute approximate surface area is 206 Å². The van der Waals surface area contributed by atoms with Crippen LogP contribution in [0.1, 0.15) is 29.0 Å². The molecule has 3 heterocycles. The lowest BCUT2D eigenvalue weighted by atomic mass is 10.2. The van der Waals surface area contributed by atoms with E-state index in [0.29, 0.717) is 43.1 Å². The quantitative estimate of drug-likeness (QED) is 0.363. The summed E-state index contributed by atoms with van der Waals surface area (Å²) in [5.74, 6) is 0.763. The van der Waals surface area contributed by atoms with Gasteiger partial charge < -0.3 is 26.0 Å². The first-order chi connectivity index (χ1) is 17.0. The van der Waals surface area contributed by atoms with Crippen molar-refractivity contribution in [3.63, 3.8) is 0 Å². The smallest absolute Gasteiger partial charge is 0.275 e. The van der Waals surface area contributed by atoms with E-state index in [1.54, 1.807) is 4.90 Å². The molecule has 0 atom stereocenters. The summed E-state index contributed by atoms with van der Waals surface area (Å²) >= 11 is 1.30. The molecule has 1 aliphatic carbocycles. The average molecular weight is 495 g/mol. The Morgan fingerprint density at radius 1 is 1.17 bits per heavy atom. The molecule has 1 aliphatic heterocycles. The number of nitrogens with one attached hydrogen (secondary N) is 3. The molecule has 2 amide bonds. The highest BCUT2D eigenvalue weighted by molar-refractivity contribution is 7.99. The van der Waals surface area contributed by atoms with E-state index < -0.39 is 0 Å². The second-order valence-corrected chi connectivity index (χ2v) is 9.51. The molecule has 0 unspecified atom stereocenters. The van der Waals surface area contributed by atoms with Gasteiger partial charge in [-0.25, -0.2) is 9.97 Å². The summed E-state index contributed by atoms with van der Waals surface area (Å²) in [4.78, 5) is 36.8. The first kappa shape index (κ1) is 23.1. The van der Waals surface area contributed by atoms with Crippen molar-refractivity contribution in [1.82, 2.24) is 25.1 Å². The molecule has 2 aromatic heterocycles. The normalized spacial score (nSPS) is 15.6. The van der Waals surface area contributed by atoms with Gasteiger partial charge in [0.25, 0.3) is 5.91 Å². The minimum Gasteiger partial charge on any atom is -0.394 e. The molecule has 12 heteroatoms. The number of nitrogens with zero attached hydrogens (tertiary/aromatic N) is 4. The fourth-order valence-corrected chi connectivity index (χ4v) is 4.33. The maximum absolute atomic E-state index is 13.2. The van der Waals surface area contributed by atoms with Gasteiger partial charge in [-0.05, 0) is 55.8 Å². The van der Waals surface area contributed by atoms with Gasteiger partial charge in [0.15, 0.2) is 22.5 Å². The molecule has 182 valence electrons. The van der Waals surface area contributed by atoms with E-state index in [1.807, 2.05) is 37.3 Å². The van der Waals surface area contributed by atoms with E-state index in [-0.39, 0.29) is 29.1 Å². The highest BCUT2D eigenvalue weighted by Gasteiger charge is 2.29. The Balaban J connectivity index is 1.40.